The molecule has 1 amide bonds. The van der Waals surface area contributed by atoms with E-state index < -0.39 is 6.10 Å². The number of benzene rings is 1. The van der Waals surface area contributed by atoms with Crippen LogP contribution >= 0.6 is 0 Å². The standard InChI is InChI=1S/C16H27N3O2/c1-4-19(11-16(21)18-12(2)3)10-15(20)14-7-5-13(9-17)6-8-14/h5-8,12,15,20H,4,9-11,17H2,1-3H3,(H,18,21). The van der Waals surface area contributed by atoms with Gasteiger partial charge in [0.2, 0.25) is 5.91 Å². The quantitative estimate of drug-likeness (QED) is 0.669. The van der Waals surface area contributed by atoms with Crippen LogP contribution in [0.4, 0.5) is 0 Å². The molecule has 0 aliphatic heterocycles. The van der Waals surface area contributed by atoms with Gasteiger partial charge in [-0.05, 0) is 31.5 Å². The number of hydrogen-bond donors (Lipinski definition) is 3. The number of rotatable bonds is 8. The molecule has 0 heterocycles. The van der Waals surface area contributed by atoms with Crippen LogP contribution in [0.2, 0.25) is 0 Å². The smallest absolute Gasteiger partial charge is 0.234 e. The van der Waals surface area contributed by atoms with E-state index in [1.54, 1.807) is 0 Å². The minimum absolute atomic E-state index is 0.0162. The fourth-order valence-electron chi connectivity index (χ4n) is 2.10. The SMILES string of the molecule is CCN(CC(=O)NC(C)C)CC(O)c1ccc(CN)cc1. The molecule has 5 heteroatoms. The Bertz CT molecular complexity index is 432. The molecule has 0 aromatic heterocycles. The van der Waals surface area contributed by atoms with Gasteiger partial charge in [0, 0.05) is 19.1 Å². The lowest BCUT2D eigenvalue weighted by Crippen LogP contribution is -2.41. The number of aliphatic hydroxyl groups is 1. The number of likely N-dealkylation sites (N-methyl/N-ethyl adjacent to an activating group) is 1. The summed E-state index contributed by atoms with van der Waals surface area (Å²) in [5.41, 5.74) is 7.44. The van der Waals surface area contributed by atoms with Crippen LogP contribution in [0.15, 0.2) is 24.3 Å². The third kappa shape index (κ3) is 6.25. The van der Waals surface area contributed by atoms with E-state index in [9.17, 15) is 9.90 Å². The predicted molar refractivity (Wildman–Crippen MR) is 84.7 cm³/mol. The Hall–Kier alpha value is -1.43. The van der Waals surface area contributed by atoms with Crippen LogP contribution in [-0.2, 0) is 11.3 Å². The third-order valence-electron chi connectivity index (χ3n) is 3.30. The minimum atomic E-state index is -0.608. The van der Waals surface area contributed by atoms with Gasteiger partial charge in [0.25, 0.3) is 0 Å². The van der Waals surface area contributed by atoms with Gasteiger partial charge in [-0.1, -0.05) is 31.2 Å². The summed E-state index contributed by atoms with van der Waals surface area (Å²) in [6.45, 7) is 7.78. The Balaban J connectivity index is 2.56. The van der Waals surface area contributed by atoms with Crippen LogP contribution in [-0.4, -0.2) is 41.6 Å². The number of hydrogen-bond acceptors (Lipinski definition) is 4. The lowest BCUT2D eigenvalue weighted by Gasteiger charge is -2.24. The molecule has 0 spiro atoms. The van der Waals surface area contributed by atoms with E-state index in [2.05, 4.69) is 5.32 Å². The molecular formula is C16H27N3O2. The Morgan fingerprint density at radius 3 is 2.43 bits per heavy atom. The first-order chi connectivity index (χ1) is 9.96. The van der Waals surface area contributed by atoms with Crippen molar-refractivity contribution in [3.05, 3.63) is 35.4 Å². The Labute approximate surface area is 127 Å². The van der Waals surface area contributed by atoms with Gasteiger partial charge in [0.1, 0.15) is 0 Å². The summed E-state index contributed by atoms with van der Waals surface area (Å²) in [7, 11) is 0. The molecule has 5 nitrogen and oxygen atoms in total. The second-order valence-corrected chi connectivity index (χ2v) is 5.51. The predicted octanol–water partition coefficient (Wildman–Crippen LogP) is 1.03. The van der Waals surface area contributed by atoms with E-state index in [0.29, 0.717) is 26.2 Å². The van der Waals surface area contributed by atoms with Crippen LogP contribution in [0, 0.1) is 0 Å². The Morgan fingerprint density at radius 2 is 1.95 bits per heavy atom. The topological polar surface area (TPSA) is 78.6 Å². The summed E-state index contributed by atoms with van der Waals surface area (Å²) in [4.78, 5) is 13.7. The number of amides is 1. The number of nitrogens with two attached hydrogens (primary N) is 1. The normalized spacial score (nSPS) is 12.7. The van der Waals surface area contributed by atoms with Crippen LogP contribution in [0.5, 0.6) is 0 Å². The zero-order valence-corrected chi connectivity index (χ0v) is 13.2. The molecule has 118 valence electrons. The monoisotopic (exact) mass is 293 g/mol. The average molecular weight is 293 g/mol. The van der Waals surface area contributed by atoms with Gasteiger partial charge in [-0.15, -0.1) is 0 Å². The van der Waals surface area contributed by atoms with Crippen LogP contribution < -0.4 is 11.1 Å². The highest BCUT2D eigenvalue weighted by atomic mass is 16.3. The molecule has 1 atom stereocenters. The lowest BCUT2D eigenvalue weighted by molar-refractivity contribution is -0.123. The third-order valence-corrected chi connectivity index (χ3v) is 3.30. The Kier molecular flexibility index (Phi) is 7.36. The number of nitrogens with one attached hydrogen (secondary N) is 1. The average Bonchev–Trinajstić information content (AvgIpc) is 2.45. The van der Waals surface area contributed by atoms with Crippen molar-refractivity contribution in [2.24, 2.45) is 5.73 Å². The fraction of sp³-hybridized carbons (Fsp3) is 0.562. The summed E-state index contributed by atoms with van der Waals surface area (Å²) < 4.78 is 0. The molecular weight excluding hydrogens is 266 g/mol. The molecule has 0 saturated heterocycles. The van der Waals surface area contributed by atoms with Crippen LogP contribution in [0.1, 0.15) is 38.0 Å². The van der Waals surface area contributed by atoms with Crippen molar-refractivity contribution in [2.75, 3.05) is 19.6 Å². The van der Waals surface area contributed by atoms with Crippen LogP contribution in [0.25, 0.3) is 0 Å². The molecule has 0 bridgehead atoms. The van der Waals surface area contributed by atoms with Gasteiger partial charge in [-0.2, -0.15) is 0 Å². The molecule has 4 N–H and O–H groups in total. The molecule has 0 aliphatic carbocycles. The summed E-state index contributed by atoms with van der Waals surface area (Å²) in [5, 5.41) is 13.1. The summed E-state index contributed by atoms with van der Waals surface area (Å²) in [5.74, 6) is -0.0162. The van der Waals surface area contributed by atoms with Crippen molar-refractivity contribution in [3.63, 3.8) is 0 Å². The van der Waals surface area contributed by atoms with E-state index in [1.807, 2.05) is 49.9 Å². The minimum Gasteiger partial charge on any atom is -0.387 e. The van der Waals surface area contributed by atoms with E-state index in [1.165, 1.54) is 0 Å². The number of carbonyl (C=O) groups is 1. The highest BCUT2D eigenvalue weighted by Gasteiger charge is 2.15. The maximum Gasteiger partial charge on any atom is 0.234 e. The largest absolute Gasteiger partial charge is 0.387 e. The molecule has 1 rings (SSSR count). The first-order valence-corrected chi connectivity index (χ1v) is 7.45. The zero-order chi connectivity index (χ0) is 15.8. The van der Waals surface area contributed by atoms with Crippen molar-refractivity contribution >= 4 is 5.91 Å². The molecule has 0 fully saturated rings. The van der Waals surface area contributed by atoms with E-state index in [-0.39, 0.29) is 11.9 Å². The van der Waals surface area contributed by atoms with Gasteiger partial charge < -0.3 is 16.2 Å². The first kappa shape index (κ1) is 17.6. The summed E-state index contributed by atoms with van der Waals surface area (Å²) in [6, 6.07) is 7.73. The van der Waals surface area contributed by atoms with Gasteiger partial charge >= 0.3 is 0 Å². The highest BCUT2D eigenvalue weighted by Crippen LogP contribution is 2.15. The molecule has 1 aromatic carbocycles. The summed E-state index contributed by atoms with van der Waals surface area (Å²) in [6.07, 6.45) is -0.608. The fourth-order valence-corrected chi connectivity index (χ4v) is 2.10. The molecule has 1 aromatic rings. The van der Waals surface area contributed by atoms with Gasteiger partial charge in [-0.3, -0.25) is 9.69 Å². The highest BCUT2D eigenvalue weighted by molar-refractivity contribution is 5.78. The van der Waals surface area contributed by atoms with Crippen molar-refractivity contribution in [2.45, 2.75) is 39.5 Å². The van der Waals surface area contributed by atoms with Crippen molar-refractivity contribution < 1.29 is 9.90 Å². The van der Waals surface area contributed by atoms with Gasteiger partial charge in [0.05, 0.1) is 12.6 Å². The van der Waals surface area contributed by atoms with Crippen molar-refractivity contribution in [1.82, 2.24) is 10.2 Å². The first-order valence-electron chi connectivity index (χ1n) is 7.45. The second-order valence-electron chi connectivity index (χ2n) is 5.51. The van der Waals surface area contributed by atoms with Crippen molar-refractivity contribution in [1.29, 1.82) is 0 Å². The second kappa shape index (κ2) is 8.77. The van der Waals surface area contributed by atoms with Gasteiger partial charge in [0.15, 0.2) is 0 Å². The summed E-state index contributed by atoms with van der Waals surface area (Å²) >= 11 is 0. The molecule has 21 heavy (non-hydrogen) atoms. The Morgan fingerprint density at radius 1 is 1.33 bits per heavy atom. The maximum absolute atomic E-state index is 11.8. The molecule has 0 aliphatic rings. The lowest BCUT2D eigenvalue weighted by atomic mass is 10.1. The molecule has 0 radical (unpaired) electrons. The van der Waals surface area contributed by atoms with Gasteiger partial charge in [-0.25, -0.2) is 0 Å². The van der Waals surface area contributed by atoms with E-state index >= 15 is 0 Å². The number of nitrogens with zero attached hydrogens (tertiary/aromatic N) is 1. The zero-order valence-electron chi connectivity index (χ0n) is 13.2. The number of aliphatic hydroxyl groups excluding tert-OH is 1. The van der Waals surface area contributed by atoms with Crippen LogP contribution in [0.3, 0.4) is 0 Å². The molecule has 1 unspecified atom stereocenters. The van der Waals surface area contributed by atoms with Crippen molar-refractivity contribution in [3.8, 4) is 0 Å². The van der Waals surface area contributed by atoms with E-state index in [4.69, 9.17) is 5.73 Å². The number of carbonyl (C=O) groups excluding carboxylic acids is 1. The van der Waals surface area contributed by atoms with E-state index in [0.717, 1.165) is 11.1 Å². The molecule has 0 saturated carbocycles. The maximum atomic E-state index is 11.8.